The largest absolute Gasteiger partial charge is 0.489 e. The van der Waals surface area contributed by atoms with Crippen LogP contribution in [0, 0.1) is 5.82 Å². The zero-order chi connectivity index (χ0) is 22.9. The summed E-state index contributed by atoms with van der Waals surface area (Å²) >= 11 is 0. The Morgan fingerprint density at radius 2 is 2.09 bits per heavy atom. The Morgan fingerprint density at radius 1 is 1.26 bits per heavy atom. The molecule has 1 aliphatic heterocycles. The third-order valence-electron chi connectivity index (χ3n) is 5.48. The van der Waals surface area contributed by atoms with Crippen molar-refractivity contribution in [3.63, 3.8) is 0 Å². The molecular formula is C24H23FN6O3. The van der Waals surface area contributed by atoms with Gasteiger partial charge in [0.2, 0.25) is 5.82 Å². The summed E-state index contributed by atoms with van der Waals surface area (Å²) in [4.78, 5) is 35.6. The van der Waals surface area contributed by atoms with Crippen LogP contribution in [-0.2, 0) is 11.2 Å². The number of benzene rings is 2. The molecule has 10 heteroatoms. The number of aromatic nitrogens is 4. The van der Waals surface area contributed by atoms with Gasteiger partial charge >= 0.3 is 0 Å². The van der Waals surface area contributed by atoms with Crippen LogP contribution in [0.5, 0.6) is 5.75 Å². The van der Waals surface area contributed by atoms with Crippen molar-refractivity contribution >= 4 is 28.3 Å². The Kier molecular flexibility index (Phi) is 6.22. The Bertz CT molecular complexity index is 1370. The van der Waals surface area contributed by atoms with Gasteiger partial charge in [0.05, 0.1) is 5.69 Å². The molecule has 3 heterocycles. The van der Waals surface area contributed by atoms with Gasteiger partial charge in [0.25, 0.3) is 11.8 Å². The molecule has 0 aliphatic carbocycles. The smallest absolute Gasteiger partial charge is 0.291 e. The Hall–Kier alpha value is -4.34. The molecule has 0 fully saturated rings. The lowest BCUT2D eigenvalue weighted by Gasteiger charge is -2.21. The summed E-state index contributed by atoms with van der Waals surface area (Å²) < 4.78 is 19.7. The molecule has 34 heavy (non-hydrogen) atoms. The van der Waals surface area contributed by atoms with Crippen LogP contribution in [0.4, 0.5) is 10.1 Å². The summed E-state index contributed by atoms with van der Waals surface area (Å²) in [5, 5.41) is 10.9. The van der Waals surface area contributed by atoms with Crippen LogP contribution in [0.2, 0.25) is 0 Å². The molecule has 0 saturated heterocycles. The monoisotopic (exact) mass is 462 g/mol. The van der Waals surface area contributed by atoms with Crippen molar-refractivity contribution in [2.24, 2.45) is 0 Å². The first-order valence-electron chi connectivity index (χ1n) is 10.2. The number of H-pyrrole nitrogens is 1. The summed E-state index contributed by atoms with van der Waals surface area (Å²) in [5.74, 6) is -0.623. The van der Waals surface area contributed by atoms with Gasteiger partial charge in [-0.3, -0.25) is 19.7 Å². The number of rotatable bonds is 4. The summed E-state index contributed by atoms with van der Waals surface area (Å²) in [6.07, 6.45) is 3.51. The minimum Gasteiger partial charge on any atom is -0.489 e. The molecular weight excluding hydrogens is 439 g/mol. The zero-order valence-corrected chi connectivity index (χ0v) is 17.6. The fourth-order valence-electron chi connectivity index (χ4n) is 3.81. The molecule has 5 rings (SSSR count). The molecule has 1 aliphatic rings. The highest BCUT2D eigenvalue weighted by Crippen LogP contribution is 2.37. The number of hydrogen-bond acceptors (Lipinski definition) is 6. The first kappa shape index (κ1) is 22.8. The lowest BCUT2D eigenvalue weighted by atomic mass is 10.1. The van der Waals surface area contributed by atoms with Crippen molar-refractivity contribution in [1.82, 2.24) is 25.5 Å². The van der Waals surface area contributed by atoms with Gasteiger partial charge in [0.1, 0.15) is 30.0 Å². The number of carbonyl (C=O) groups excluding carboxylic acids is 2. The molecule has 2 aromatic carbocycles. The van der Waals surface area contributed by atoms with Crippen molar-refractivity contribution in [2.75, 3.05) is 18.6 Å². The zero-order valence-electron chi connectivity index (χ0n) is 17.6. The Labute approximate surface area is 195 Å². The van der Waals surface area contributed by atoms with E-state index >= 15 is 0 Å². The van der Waals surface area contributed by atoms with Crippen LogP contribution in [0.25, 0.3) is 10.8 Å². The number of halogens is 1. The second kappa shape index (κ2) is 9.26. The van der Waals surface area contributed by atoms with E-state index in [1.165, 1.54) is 11.0 Å². The van der Waals surface area contributed by atoms with E-state index in [-0.39, 0.29) is 38.0 Å². The number of fused-ring (bicyclic) bond motifs is 3. The number of hydrogen-bond donors (Lipinski definition) is 2. The minimum atomic E-state index is -0.944. The van der Waals surface area contributed by atoms with E-state index in [1.54, 1.807) is 43.7 Å². The molecule has 0 spiro atoms. The molecule has 2 aromatic heterocycles. The maximum atomic E-state index is 13.9. The predicted molar refractivity (Wildman–Crippen MR) is 124 cm³/mol. The van der Waals surface area contributed by atoms with Crippen LogP contribution in [0.15, 0.2) is 54.9 Å². The van der Waals surface area contributed by atoms with Gasteiger partial charge in [-0.05, 0) is 29.8 Å². The van der Waals surface area contributed by atoms with E-state index in [0.29, 0.717) is 22.8 Å². The molecule has 1 atom stereocenters. The van der Waals surface area contributed by atoms with Crippen LogP contribution in [-0.4, -0.2) is 51.7 Å². The number of nitrogens with one attached hydrogen (secondary N) is 2. The quantitative estimate of drug-likeness (QED) is 0.482. The number of likely N-dealkylation sites (N-methyl/N-ethyl adjacent to an activating group) is 1. The van der Waals surface area contributed by atoms with Crippen LogP contribution >= 0.6 is 0 Å². The number of ether oxygens (including phenoxy) is 1. The fraction of sp³-hybridized carbons (Fsp3) is 0.208. The van der Waals surface area contributed by atoms with E-state index in [1.807, 2.05) is 12.1 Å². The van der Waals surface area contributed by atoms with E-state index in [9.17, 15) is 14.0 Å². The molecule has 9 nitrogen and oxygen atoms in total. The molecule has 4 aromatic rings. The highest BCUT2D eigenvalue weighted by atomic mass is 19.1. The maximum Gasteiger partial charge on any atom is 0.291 e. The molecule has 2 amide bonds. The number of amides is 2. The highest BCUT2D eigenvalue weighted by molar-refractivity contribution is 6.09. The van der Waals surface area contributed by atoms with Crippen molar-refractivity contribution < 1.29 is 18.7 Å². The van der Waals surface area contributed by atoms with Crippen LogP contribution in [0.1, 0.15) is 29.4 Å². The van der Waals surface area contributed by atoms with Gasteiger partial charge in [0, 0.05) is 36.6 Å². The standard InChI is InChI=1S/C23H19FN6O3.CH4/c1-30-20-15-8-9-25-11-14(15)6-7-18(20)33-12-17(23(30)32)26-22(31)21-27-19(28-29-21)10-13-4-2-3-5-16(13)24;/h2-9,11,17H,10,12H2,1H3,(H,26,31)(H,27,28,29);1H4/t17-;/m0./s1. The van der Waals surface area contributed by atoms with Gasteiger partial charge in [-0.2, -0.15) is 0 Å². The SMILES string of the molecule is C.CN1C(=O)[C@@H](NC(=O)c2n[nH]c(Cc3ccccc3F)n2)COc2ccc3cnccc3c21. The third kappa shape index (κ3) is 4.17. The van der Waals surface area contributed by atoms with Crippen LogP contribution in [0.3, 0.4) is 0 Å². The average Bonchev–Trinajstić information content (AvgIpc) is 3.26. The Balaban J connectivity index is 0.00000274. The summed E-state index contributed by atoms with van der Waals surface area (Å²) in [5.41, 5.74) is 1.04. The fourth-order valence-corrected chi connectivity index (χ4v) is 3.81. The number of anilines is 1. The first-order valence-corrected chi connectivity index (χ1v) is 10.2. The van der Waals surface area contributed by atoms with E-state index in [4.69, 9.17) is 4.74 Å². The Morgan fingerprint density at radius 3 is 2.91 bits per heavy atom. The molecule has 0 unspecified atom stereocenters. The lowest BCUT2D eigenvalue weighted by molar-refractivity contribution is -0.120. The van der Waals surface area contributed by atoms with Gasteiger partial charge in [-0.15, -0.1) is 5.10 Å². The van der Waals surface area contributed by atoms with Crippen molar-refractivity contribution in [3.05, 3.63) is 77.9 Å². The molecule has 2 N–H and O–H groups in total. The molecule has 0 saturated carbocycles. The molecule has 0 radical (unpaired) electrons. The lowest BCUT2D eigenvalue weighted by Crippen LogP contribution is -2.49. The minimum absolute atomic E-state index is 0. The maximum absolute atomic E-state index is 13.9. The summed E-state index contributed by atoms with van der Waals surface area (Å²) in [6, 6.07) is 10.8. The normalized spacial score (nSPS) is 15.2. The van der Waals surface area contributed by atoms with E-state index in [0.717, 1.165) is 10.8 Å². The predicted octanol–water partition coefficient (Wildman–Crippen LogP) is 2.87. The average molecular weight is 462 g/mol. The number of pyridine rings is 1. The molecule has 0 bridgehead atoms. The second-order valence-corrected chi connectivity index (χ2v) is 7.62. The van der Waals surface area contributed by atoms with E-state index < -0.39 is 11.9 Å². The highest BCUT2D eigenvalue weighted by Gasteiger charge is 2.32. The van der Waals surface area contributed by atoms with Crippen LogP contribution < -0.4 is 15.0 Å². The number of carbonyl (C=O) groups is 2. The summed E-state index contributed by atoms with van der Waals surface area (Å²) in [7, 11) is 1.63. The number of nitrogens with zero attached hydrogens (tertiary/aromatic N) is 4. The van der Waals surface area contributed by atoms with Gasteiger partial charge in [0.15, 0.2) is 0 Å². The first-order chi connectivity index (χ1) is 16.0. The van der Waals surface area contributed by atoms with Crippen molar-refractivity contribution in [3.8, 4) is 5.75 Å². The molecule has 174 valence electrons. The number of aromatic amines is 1. The van der Waals surface area contributed by atoms with Gasteiger partial charge in [-0.25, -0.2) is 9.37 Å². The van der Waals surface area contributed by atoms with Crippen molar-refractivity contribution in [2.45, 2.75) is 19.9 Å². The summed E-state index contributed by atoms with van der Waals surface area (Å²) in [6.45, 7) is -0.0506. The van der Waals surface area contributed by atoms with Gasteiger partial charge in [-0.1, -0.05) is 25.6 Å². The van der Waals surface area contributed by atoms with E-state index in [2.05, 4.69) is 25.5 Å². The topological polar surface area (TPSA) is 113 Å². The second-order valence-electron chi connectivity index (χ2n) is 7.62. The van der Waals surface area contributed by atoms with Crippen molar-refractivity contribution in [1.29, 1.82) is 0 Å². The third-order valence-corrected chi connectivity index (χ3v) is 5.48. The van der Waals surface area contributed by atoms with Gasteiger partial charge < -0.3 is 15.0 Å².